The molecule has 0 saturated heterocycles. The van der Waals surface area contributed by atoms with Gasteiger partial charge in [0.25, 0.3) is 0 Å². The first-order valence-electron chi connectivity index (χ1n) is 14.7. The number of hydrogen-bond donors (Lipinski definition) is 0. The van der Waals surface area contributed by atoms with Crippen molar-refractivity contribution in [1.82, 2.24) is 4.98 Å². The molecule has 3 aromatic carbocycles. The van der Waals surface area contributed by atoms with Crippen LogP contribution in [-0.2, 0) is 4.79 Å². The van der Waals surface area contributed by atoms with Crippen LogP contribution in [0.15, 0.2) is 91.1 Å². The predicted molar refractivity (Wildman–Crippen MR) is 179 cm³/mol. The molecule has 1 saturated carbocycles. The summed E-state index contributed by atoms with van der Waals surface area (Å²) in [7, 11) is 1.57. The van der Waals surface area contributed by atoms with Crippen LogP contribution in [0.3, 0.4) is 0 Å². The molecule has 0 radical (unpaired) electrons. The summed E-state index contributed by atoms with van der Waals surface area (Å²) in [4.78, 5) is 54.5. The van der Waals surface area contributed by atoms with Gasteiger partial charge in [-0.2, -0.15) is 0 Å². The lowest BCUT2D eigenvalue weighted by atomic mass is 9.91. The number of ether oxygens (including phenoxy) is 1. The summed E-state index contributed by atoms with van der Waals surface area (Å²) in [5.41, 5.74) is 6.00. The molecular weight excluding hydrogens is 566 g/mol. The van der Waals surface area contributed by atoms with Crippen LogP contribution in [0.1, 0.15) is 90.4 Å². The van der Waals surface area contributed by atoms with E-state index in [1.807, 2.05) is 63.2 Å². The number of aryl methyl sites for hydroxylation is 3. The average molecular weight is 610 g/mol. The van der Waals surface area contributed by atoms with Gasteiger partial charge in [-0.3, -0.25) is 24.2 Å². The highest BCUT2D eigenvalue weighted by Crippen LogP contribution is 2.21. The monoisotopic (exact) mass is 609 g/mol. The molecular formula is C38H43NO6. The second-order valence-electron chi connectivity index (χ2n) is 10.3. The summed E-state index contributed by atoms with van der Waals surface area (Å²) in [6.45, 7) is 5.91. The maximum Gasteiger partial charge on any atom is 0.168 e. The Hall–Kier alpha value is -5.04. The van der Waals surface area contributed by atoms with Gasteiger partial charge in [-0.25, -0.2) is 0 Å². The van der Waals surface area contributed by atoms with Crippen LogP contribution in [-0.4, -0.2) is 43.5 Å². The van der Waals surface area contributed by atoms with E-state index in [1.54, 1.807) is 55.8 Å². The van der Waals surface area contributed by atoms with Gasteiger partial charge in [0, 0.05) is 28.8 Å². The van der Waals surface area contributed by atoms with Gasteiger partial charge in [0.2, 0.25) is 0 Å². The number of carbonyl (C=O) groups excluding carboxylic acids is 5. The molecule has 0 aliphatic heterocycles. The fraction of sp³-hybridized carbons (Fsp3) is 0.263. The van der Waals surface area contributed by atoms with Crippen molar-refractivity contribution in [3.05, 3.63) is 130 Å². The first kappa shape index (κ1) is 38.0. The highest BCUT2D eigenvalue weighted by atomic mass is 16.5. The van der Waals surface area contributed by atoms with Crippen molar-refractivity contribution in [2.45, 2.75) is 52.9 Å². The first-order chi connectivity index (χ1) is 21.8. The van der Waals surface area contributed by atoms with Crippen LogP contribution in [0.25, 0.3) is 0 Å². The van der Waals surface area contributed by atoms with E-state index in [0.29, 0.717) is 22.9 Å². The molecule has 45 heavy (non-hydrogen) atoms. The summed E-state index contributed by atoms with van der Waals surface area (Å²) < 4.78 is 4.90. The third-order valence-electron chi connectivity index (χ3n) is 6.66. The summed E-state index contributed by atoms with van der Waals surface area (Å²) in [6.07, 6.45) is 12.1. The lowest BCUT2D eigenvalue weighted by molar-refractivity contribution is -0.111. The molecule has 7 nitrogen and oxygen atoms in total. The molecule has 1 heterocycles. The largest absolute Gasteiger partial charge is 0.497 e. The van der Waals surface area contributed by atoms with Crippen molar-refractivity contribution in [2.24, 2.45) is 5.92 Å². The van der Waals surface area contributed by atoms with E-state index in [2.05, 4.69) is 4.98 Å². The standard InChI is InChI=1S/C9H10O.C8H8O2.C8H8O.C7H12O.C6H5NO/c1-7-3-4-8(2)9(5-7)6-10;1-10-8-4-2-3-7(5-8)6-9;1-7-2-4-8(6-9)5-3-7;8-6-7-4-2-1-3-5-7;8-5-6-3-1-2-4-7-6/h3-6H,1-2H3;2-6H,1H3;2-6H,1H3;6-7H,1-5H2;1-5H. The average Bonchev–Trinajstić information content (AvgIpc) is 3.11. The summed E-state index contributed by atoms with van der Waals surface area (Å²) in [5.74, 6) is 1.12. The minimum absolute atomic E-state index is 0.406. The number of hydrogen-bond acceptors (Lipinski definition) is 7. The Morgan fingerprint density at radius 2 is 1.31 bits per heavy atom. The number of aromatic nitrogens is 1. The number of methoxy groups -OCH3 is 1. The molecule has 1 fully saturated rings. The van der Waals surface area contributed by atoms with E-state index in [1.165, 1.54) is 24.8 Å². The van der Waals surface area contributed by atoms with Crippen LogP contribution in [0.2, 0.25) is 0 Å². The Balaban J connectivity index is 0.000000282. The van der Waals surface area contributed by atoms with Gasteiger partial charge in [-0.1, -0.05) is 85.0 Å². The van der Waals surface area contributed by atoms with Crippen molar-refractivity contribution in [1.29, 1.82) is 0 Å². The van der Waals surface area contributed by atoms with Gasteiger partial charge in [-0.15, -0.1) is 0 Å². The molecule has 0 atom stereocenters. The van der Waals surface area contributed by atoms with Crippen molar-refractivity contribution in [3.63, 3.8) is 0 Å². The Labute approximate surface area is 266 Å². The molecule has 1 aliphatic carbocycles. The zero-order valence-corrected chi connectivity index (χ0v) is 26.6. The second kappa shape index (κ2) is 23.4. The molecule has 4 aromatic rings. The number of benzene rings is 3. The molecule has 1 aliphatic rings. The predicted octanol–water partition coefficient (Wildman–Crippen LogP) is 8.09. The summed E-state index contributed by atoms with van der Waals surface area (Å²) >= 11 is 0. The highest BCUT2D eigenvalue weighted by molar-refractivity contribution is 5.77. The topological polar surface area (TPSA) is 107 Å². The van der Waals surface area contributed by atoms with Crippen LogP contribution in [0, 0.1) is 26.7 Å². The fourth-order valence-corrected chi connectivity index (χ4v) is 3.96. The Morgan fingerprint density at radius 1 is 0.644 bits per heavy atom. The number of nitrogens with zero attached hydrogens (tertiary/aromatic N) is 1. The fourth-order valence-electron chi connectivity index (χ4n) is 3.96. The van der Waals surface area contributed by atoms with E-state index in [9.17, 15) is 24.0 Å². The van der Waals surface area contributed by atoms with Crippen LogP contribution in [0.4, 0.5) is 0 Å². The normalized spacial score (nSPS) is 11.5. The summed E-state index contributed by atoms with van der Waals surface area (Å²) in [6, 6.07) is 25.5. The molecule has 0 N–H and O–H groups in total. The van der Waals surface area contributed by atoms with Gasteiger partial charge in [0.05, 0.1) is 7.11 Å². The number of pyridine rings is 1. The third kappa shape index (κ3) is 17.0. The van der Waals surface area contributed by atoms with Gasteiger partial charge in [-0.05, 0) is 69.5 Å². The molecule has 1 aromatic heterocycles. The van der Waals surface area contributed by atoms with Gasteiger partial charge in [0.15, 0.2) is 6.29 Å². The van der Waals surface area contributed by atoms with Gasteiger partial charge in [0.1, 0.15) is 36.6 Å². The van der Waals surface area contributed by atoms with E-state index in [-0.39, 0.29) is 0 Å². The van der Waals surface area contributed by atoms with Crippen molar-refractivity contribution >= 4 is 31.4 Å². The quantitative estimate of drug-likeness (QED) is 0.203. The van der Waals surface area contributed by atoms with E-state index in [0.717, 1.165) is 66.5 Å². The molecule has 236 valence electrons. The number of aldehydes is 5. The SMILES string of the molecule is COc1cccc(C=O)c1.Cc1ccc(C)c(C=O)c1.Cc1ccc(C=O)cc1.O=CC1CCCCC1.O=Cc1ccccn1. The number of carbonyl (C=O) groups is 5. The smallest absolute Gasteiger partial charge is 0.168 e. The molecule has 5 rings (SSSR count). The maximum atomic E-state index is 10.4. The highest BCUT2D eigenvalue weighted by Gasteiger charge is 2.10. The lowest BCUT2D eigenvalue weighted by Crippen LogP contribution is -2.06. The first-order valence-corrected chi connectivity index (χ1v) is 14.7. The second-order valence-corrected chi connectivity index (χ2v) is 10.3. The minimum atomic E-state index is 0.406. The third-order valence-corrected chi connectivity index (χ3v) is 6.66. The molecule has 0 bridgehead atoms. The van der Waals surface area contributed by atoms with E-state index < -0.39 is 0 Å². The molecule has 0 spiro atoms. The molecule has 0 unspecified atom stereocenters. The zero-order valence-electron chi connectivity index (χ0n) is 26.6. The Morgan fingerprint density at radius 3 is 1.78 bits per heavy atom. The van der Waals surface area contributed by atoms with Crippen LogP contribution in [0.5, 0.6) is 5.75 Å². The van der Waals surface area contributed by atoms with Gasteiger partial charge < -0.3 is 9.53 Å². The van der Waals surface area contributed by atoms with Crippen LogP contribution < -0.4 is 4.74 Å². The lowest BCUT2D eigenvalue weighted by Gasteiger charge is -2.14. The number of rotatable bonds is 6. The minimum Gasteiger partial charge on any atom is -0.497 e. The zero-order chi connectivity index (χ0) is 33.3. The molecule has 0 amide bonds. The van der Waals surface area contributed by atoms with Crippen molar-refractivity contribution in [2.75, 3.05) is 7.11 Å². The van der Waals surface area contributed by atoms with Gasteiger partial charge >= 0.3 is 0 Å². The van der Waals surface area contributed by atoms with E-state index in [4.69, 9.17) is 4.74 Å². The Kier molecular flexibility index (Phi) is 19.8. The van der Waals surface area contributed by atoms with Crippen molar-refractivity contribution < 1.29 is 28.7 Å². The van der Waals surface area contributed by atoms with E-state index >= 15 is 0 Å². The van der Waals surface area contributed by atoms with Crippen molar-refractivity contribution in [3.8, 4) is 5.75 Å². The van der Waals surface area contributed by atoms with Crippen LogP contribution >= 0.6 is 0 Å². The summed E-state index contributed by atoms with van der Waals surface area (Å²) in [5, 5.41) is 0. The molecule has 7 heteroatoms. The Bertz CT molecular complexity index is 1430. The maximum absolute atomic E-state index is 10.4.